The number of nitrogens with one attached hydrogen (secondary N) is 2. The summed E-state index contributed by atoms with van der Waals surface area (Å²) in [5.41, 5.74) is 3.26. The summed E-state index contributed by atoms with van der Waals surface area (Å²) in [6.07, 6.45) is 4.28. The van der Waals surface area contributed by atoms with Gasteiger partial charge in [0.15, 0.2) is 5.96 Å². The molecule has 0 saturated heterocycles. The van der Waals surface area contributed by atoms with E-state index in [1.807, 2.05) is 12.1 Å². The third kappa shape index (κ3) is 8.82. The normalized spacial score (nSPS) is 13.3. The van der Waals surface area contributed by atoms with Gasteiger partial charge in [-0.1, -0.05) is 18.2 Å². The van der Waals surface area contributed by atoms with Gasteiger partial charge in [-0.2, -0.15) is 0 Å². The molecule has 1 heterocycles. The molecule has 2 N–H and O–H groups in total. The fourth-order valence-electron chi connectivity index (χ4n) is 3.02. The van der Waals surface area contributed by atoms with Crippen molar-refractivity contribution in [2.75, 3.05) is 33.5 Å². The summed E-state index contributed by atoms with van der Waals surface area (Å²) < 4.78 is 16.9. The second-order valence-corrected chi connectivity index (χ2v) is 7.72. The third-order valence-corrected chi connectivity index (χ3v) is 4.97. The van der Waals surface area contributed by atoms with Crippen molar-refractivity contribution in [2.45, 2.75) is 39.8 Å². The summed E-state index contributed by atoms with van der Waals surface area (Å²) in [4.78, 5) is 9.04. The summed E-state index contributed by atoms with van der Waals surface area (Å²) in [5, 5.41) is 6.72. The molecule has 0 atom stereocenters. The predicted octanol–water partition coefficient (Wildman–Crippen LogP) is 4.08. The molecule has 0 spiro atoms. The molecule has 0 amide bonds. The molecule has 0 bridgehead atoms. The van der Waals surface area contributed by atoms with E-state index in [4.69, 9.17) is 19.2 Å². The Morgan fingerprint density at radius 2 is 1.97 bits per heavy atom. The number of aliphatic imine (C=N–C) groups is 1. The summed E-state index contributed by atoms with van der Waals surface area (Å²) in [6, 6.07) is 10.2. The molecule has 1 aliphatic rings. The predicted molar refractivity (Wildman–Crippen MR) is 138 cm³/mol. The molecule has 176 valence electrons. The van der Waals surface area contributed by atoms with Crippen molar-refractivity contribution in [3.63, 3.8) is 0 Å². The number of halogens is 1. The molecule has 1 aromatic heterocycles. The van der Waals surface area contributed by atoms with Gasteiger partial charge in [-0.25, -0.2) is 9.98 Å². The van der Waals surface area contributed by atoms with Crippen molar-refractivity contribution in [1.82, 2.24) is 15.6 Å². The van der Waals surface area contributed by atoms with E-state index in [2.05, 4.69) is 47.7 Å². The van der Waals surface area contributed by atoms with Gasteiger partial charge in [-0.15, -0.1) is 24.0 Å². The van der Waals surface area contributed by atoms with Crippen LogP contribution in [0.4, 0.5) is 0 Å². The molecule has 7 nitrogen and oxygen atoms in total. The van der Waals surface area contributed by atoms with Crippen LogP contribution in [0.3, 0.4) is 0 Å². The van der Waals surface area contributed by atoms with E-state index >= 15 is 0 Å². The van der Waals surface area contributed by atoms with Crippen LogP contribution in [0.1, 0.15) is 36.5 Å². The van der Waals surface area contributed by atoms with E-state index in [9.17, 15) is 0 Å². The second-order valence-electron chi connectivity index (χ2n) is 7.72. The maximum atomic E-state index is 6.09. The first-order valence-corrected chi connectivity index (χ1v) is 11.0. The van der Waals surface area contributed by atoms with Crippen LogP contribution in [0, 0.1) is 12.8 Å². The van der Waals surface area contributed by atoms with Gasteiger partial charge in [-0.05, 0) is 50.3 Å². The third-order valence-electron chi connectivity index (χ3n) is 4.97. The minimum Gasteiger partial charge on any atom is -0.493 e. The first-order chi connectivity index (χ1) is 15.2. The molecule has 1 fully saturated rings. The molecule has 1 aliphatic carbocycles. The molecule has 0 aliphatic heterocycles. The molecule has 32 heavy (non-hydrogen) atoms. The summed E-state index contributed by atoms with van der Waals surface area (Å²) in [5.74, 6) is 3.01. The summed E-state index contributed by atoms with van der Waals surface area (Å²) in [6.45, 7) is 7.79. The number of aromatic nitrogens is 1. The molecule has 8 heteroatoms. The number of methoxy groups -OCH3 is 1. The smallest absolute Gasteiger partial charge is 0.218 e. The number of hydrogen-bond acceptors (Lipinski definition) is 5. The molecule has 2 aromatic rings. The Hall–Kier alpha value is -2.07. The fourth-order valence-corrected chi connectivity index (χ4v) is 3.02. The number of rotatable bonds is 12. The van der Waals surface area contributed by atoms with E-state index in [1.165, 1.54) is 18.4 Å². The molecule has 3 rings (SSSR count). The van der Waals surface area contributed by atoms with E-state index in [0.717, 1.165) is 41.9 Å². The van der Waals surface area contributed by atoms with Crippen molar-refractivity contribution in [1.29, 1.82) is 0 Å². The topological polar surface area (TPSA) is 77.0 Å². The van der Waals surface area contributed by atoms with Gasteiger partial charge in [0.2, 0.25) is 5.88 Å². The molecular formula is C24H35IN4O3. The van der Waals surface area contributed by atoms with E-state index in [1.54, 1.807) is 13.3 Å². The van der Waals surface area contributed by atoms with Crippen molar-refractivity contribution in [3.05, 3.63) is 53.2 Å². The highest BCUT2D eigenvalue weighted by molar-refractivity contribution is 14.0. The lowest BCUT2D eigenvalue weighted by molar-refractivity contribution is 0.143. The number of ether oxygens (including phenoxy) is 3. The van der Waals surface area contributed by atoms with Gasteiger partial charge in [-0.3, -0.25) is 0 Å². The lowest BCUT2D eigenvalue weighted by Crippen LogP contribution is -2.36. The van der Waals surface area contributed by atoms with Crippen molar-refractivity contribution >= 4 is 29.9 Å². The molecular weight excluding hydrogens is 519 g/mol. The number of pyridine rings is 1. The highest BCUT2D eigenvalue weighted by Gasteiger charge is 2.22. The monoisotopic (exact) mass is 554 g/mol. The van der Waals surface area contributed by atoms with Crippen LogP contribution >= 0.6 is 24.0 Å². The largest absolute Gasteiger partial charge is 0.493 e. The van der Waals surface area contributed by atoms with Crippen LogP contribution in [-0.4, -0.2) is 44.4 Å². The average molecular weight is 554 g/mol. The fraction of sp³-hybridized carbons (Fsp3) is 0.500. The van der Waals surface area contributed by atoms with Crippen LogP contribution in [-0.2, 0) is 17.8 Å². The summed E-state index contributed by atoms with van der Waals surface area (Å²) in [7, 11) is 1.65. The van der Waals surface area contributed by atoms with Crippen LogP contribution in [0.15, 0.2) is 41.5 Å². The molecule has 0 radical (unpaired) electrons. The zero-order valence-electron chi connectivity index (χ0n) is 19.2. The number of guanidine groups is 1. The number of hydrogen-bond donors (Lipinski definition) is 2. The SMILES string of the molecule is CCNC(=NCc1cccnc1OCCOC)NCc1ccc(C)cc1OCC1CC1.I. The Morgan fingerprint density at radius 3 is 2.72 bits per heavy atom. The quantitative estimate of drug-likeness (QED) is 0.178. The Kier molecular flexibility index (Phi) is 11.6. The minimum atomic E-state index is 0. The van der Waals surface area contributed by atoms with Crippen molar-refractivity contribution in [3.8, 4) is 11.6 Å². The van der Waals surface area contributed by atoms with E-state index < -0.39 is 0 Å². The maximum absolute atomic E-state index is 6.09. The van der Waals surface area contributed by atoms with Gasteiger partial charge in [0.1, 0.15) is 12.4 Å². The zero-order valence-corrected chi connectivity index (χ0v) is 21.6. The highest BCUT2D eigenvalue weighted by Crippen LogP contribution is 2.30. The van der Waals surface area contributed by atoms with Gasteiger partial charge in [0.05, 0.1) is 19.8 Å². The van der Waals surface area contributed by atoms with Crippen LogP contribution in [0.25, 0.3) is 0 Å². The van der Waals surface area contributed by atoms with Gasteiger partial charge in [0, 0.05) is 37.5 Å². The Labute approximate surface area is 208 Å². The van der Waals surface area contributed by atoms with Gasteiger partial charge in [0.25, 0.3) is 0 Å². The van der Waals surface area contributed by atoms with Crippen LogP contribution < -0.4 is 20.1 Å². The van der Waals surface area contributed by atoms with Gasteiger partial charge >= 0.3 is 0 Å². The summed E-state index contributed by atoms with van der Waals surface area (Å²) >= 11 is 0. The second kappa shape index (κ2) is 14.2. The van der Waals surface area contributed by atoms with Crippen LogP contribution in [0.5, 0.6) is 11.6 Å². The highest BCUT2D eigenvalue weighted by atomic mass is 127. The maximum Gasteiger partial charge on any atom is 0.218 e. The van der Waals surface area contributed by atoms with E-state index in [-0.39, 0.29) is 24.0 Å². The lowest BCUT2D eigenvalue weighted by Gasteiger charge is -2.15. The Morgan fingerprint density at radius 1 is 1.12 bits per heavy atom. The lowest BCUT2D eigenvalue weighted by atomic mass is 10.1. The molecule has 1 aromatic carbocycles. The Balaban J connectivity index is 0.00000363. The van der Waals surface area contributed by atoms with E-state index in [0.29, 0.717) is 32.2 Å². The number of aryl methyl sites for hydroxylation is 1. The first-order valence-electron chi connectivity index (χ1n) is 11.0. The standard InChI is InChI=1S/C24H34N4O3.HI/c1-4-25-24(28-16-21-6-5-11-26-23(21)30-13-12-29-3)27-15-20-10-7-18(2)14-22(20)31-17-19-8-9-19;/h5-7,10-11,14,19H,4,8-9,12-13,15-17H2,1-3H3,(H2,25,27,28);1H. The molecule has 1 saturated carbocycles. The van der Waals surface area contributed by atoms with Crippen LogP contribution in [0.2, 0.25) is 0 Å². The Bertz CT molecular complexity index is 859. The van der Waals surface area contributed by atoms with Crippen molar-refractivity contribution in [2.24, 2.45) is 10.9 Å². The number of benzene rings is 1. The minimum absolute atomic E-state index is 0. The average Bonchev–Trinajstić information content (AvgIpc) is 3.60. The molecule has 0 unspecified atom stereocenters. The first kappa shape index (κ1) is 26.2. The number of nitrogens with zero attached hydrogens (tertiary/aromatic N) is 2. The van der Waals surface area contributed by atoms with Crippen molar-refractivity contribution < 1.29 is 14.2 Å². The van der Waals surface area contributed by atoms with Gasteiger partial charge < -0.3 is 24.8 Å². The zero-order chi connectivity index (χ0) is 21.9.